The minimum Gasteiger partial charge on any atom is -0.395 e. The van der Waals surface area contributed by atoms with Gasteiger partial charge in [-0.25, -0.2) is 8.42 Å². The SMILES string of the molecule is O=S(=O)(c1c[c]ccc1)N1CCC[C@H]1CO. The van der Waals surface area contributed by atoms with Crippen LogP contribution >= 0.6 is 0 Å². The van der Waals surface area contributed by atoms with Gasteiger partial charge in [-0.2, -0.15) is 4.31 Å². The molecule has 4 nitrogen and oxygen atoms in total. The summed E-state index contributed by atoms with van der Waals surface area (Å²) in [6.07, 6.45) is 1.54. The van der Waals surface area contributed by atoms with Gasteiger partial charge in [0.2, 0.25) is 10.0 Å². The Hall–Kier alpha value is -0.910. The van der Waals surface area contributed by atoms with E-state index in [-0.39, 0.29) is 17.5 Å². The maximum atomic E-state index is 12.2. The topological polar surface area (TPSA) is 57.6 Å². The van der Waals surface area contributed by atoms with E-state index in [0.717, 1.165) is 12.8 Å². The first kappa shape index (κ1) is 11.6. The molecular weight excluding hydrogens is 226 g/mol. The van der Waals surface area contributed by atoms with Crippen molar-refractivity contribution in [2.75, 3.05) is 13.2 Å². The fourth-order valence-electron chi connectivity index (χ4n) is 1.98. The van der Waals surface area contributed by atoms with Crippen LogP contribution in [0, 0.1) is 6.07 Å². The van der Waals surface area contributed by atoms with Gasteiger partial charge in [-0.1, -0.05) is 12.1 Å². The average Bonchev–Trinajstić information content (AvgIpc) is 2.79. The normalized spacial score (nSPS) is 22.4. The zero-order valence-electron chi connectivity index (χ0n) is 8.83. The standard InChI is InChI=1S/C11H14NO3S/c13-9-10-5-4-8-12(10)16(14,15)11-6-2-1-3-7-11/h1-2,6-7,10,13H,4-5,8-9H2/t10-/m0/s1. The monoisotopic (exact) mass is 240 g/mol. The van der Waals surface area contributed by atoms with Gasteiger partial charge < -0.3 is 5.11 Å². The summed E-state index contributed by atoms with van der Waals surface area (Å²) < 4.78 is 25.8. The molecule has 1 heterocycles. The lowest BCUT2D eigenvalue weighted by molar-refractivity contribution is 0.213. The second kappa shape index (κ2) is 4.53. The van der Waals surface area contributed by atoms with Gasteiger partial charge in [0.05, 0.1) is 11.5 Å². The highest BCUT2D eigenvalue weighted by Gasteiger charge is 2.34. The summed E-state index contributed by atoms with van der Waals surface area (Å²) in [5, 5.41) is 9.13. The third kappa shape index (κ3) is 1.98. The van der Waals surface area contributed by atoms with E-state index in [0.29, 0.717) is 6.54 Å². The lowest BCUT2D eigenvalue weighted by Crippen LogP contribution is -2.37. The number of hydrogen-bond donors (Lipinski definition) is 1. The number of nitrogens with zero attached hydrogens (tertiary/aromatic N) is 1. The van der Waals surface area contributed by atoms with Gasteiger partial charge >= 0.3 is 0 Å². The quantitative estimate of drug-likeness (QED) is 0.843. The second-order valence-corrected chi connectivity index (χ2v) is 5.72. The Labute approximate surface area is 95.6 Å². The van der Waals surface area contributed by atoms with Gasteiger partial charge in [-0.05, 0) is 31.0 Å². The molecule has 1 aromatic rings. The Morgan fingerprint density at radius 2 is 2.38 bits per heavy atom. The smallest absolute Gasteiger partial charge is 0.243 e. The summed E-state index contributed by atoms with van der Waals surface area (Å²) in [5.41, 5.74) is 0. The molecule has 1 radical (unpaired) electrons. The molecule has 0 bridgehead atoms. The molecule has 1 aliphatic heterocycles. The van der Waals surface area contributed by atoms with Crippen LogP contribution in [0.1, 0.15) is 12.8 Å². The molecule has 0 unspecified atom stereocenters. The van der Waals surface area contributed by atoms with Crippen LogP contribution in [0.5, 0.6) is 0 Å². The largest absolute Gasteiger partial charge is 0.395 e. The van der Waals surface area contributed by atoms with Crippen molar-refractivity contribution in [3.8, 4) is 0 Å². The molecule has 0 saturated carbocycles. The molecule has 1 N–H and O–H groups in total. The zero-order valence-corrected chi connectivity index (χ0v) is 9.65. The molecule has 5 heteroatoms. The minimum absolute atomic E-state index is 0.115. The van der Waals surface area contributed by atoms with Crippen LogP contribution < -0.4 is 0 Å². The summed E-state index contributed by atoms with van der Waals surface area (Å²) >= 11 is 0. The molecule has 1 aromatic carbocycles. The third-order valence-corrected chi connectivity index (χ3v) is 4.77. The number of sulfonamides is 1. The van der Waals surface area contributed by atoms with Crippen LogP contribution in [0.2, 0.25) is 0 Å². The Morgan fingerprint density at radius 3 is 3.00 bits per heavy atom. The van der Waals surface area contributed by atoms with Gasteiger partial charge in [0, 0.05) is 12.6 Å². The number of aliphatic hydroxyl groups excluding tert-OH is 1. The highest BCUT2D eigenvalue weighted by molar-refractivity contribution is 7.89. The molecule has 0 spiro atoms. The Morgan fingerprint density at radius 1 is 1.56 bits per heavy atom. The van der Waals surface area contributed by atoms with E-state index in [4.69, 9.17) is 5.11 Å². The molecule has 0 aromatic heterocycles. The molecule has 1 saturated heterocycles. The van der Waals surface area contributed by atoms with Crippen molar-refractivity contribution in [3.63, 3.8) is 0 Å². The molecule has 87 valence electrons. The van der Waals surface area contributed by atoms with Gasteiger partial charge in [0.1, 0.15) is 0 Å². The van der Waals surface area contributed by atoms with Crippen molar-refractivity contribution >= 4 is 10.0 Å². The first-order valence-corrected chi connectivity index (χ1v) is 6.69. The van der Waals surface area contributed by atoms with Crippen LogP contribution in [0.15, 0.2) is 29.2 Å². The third-order valence-electron chi connectivity index (χ3n) is 2.82. The second-order valence-electron chi connectivity index (χ2n) is 3.83. The molecule has 0 amide bonds. The van der Waals surface area contributed by atoms with Gasteiger partial charge in [-0.15, -0.1) is 0 Å². The summed E-state index contributed by atoms with van der Waals surface area (Å²) in [5.74, 6) is 0. The van der Waals surface area contributed by atoms with Crippen molar-refractivity contribution in [1.82, 2.24) is 4.31 Å². The first-order valence-electron chi connectivity index (χ1n) is 5.25. The van der Waals surface area contributed by atoms with E-state index < -0.39 is 10.0 Å². The van der Waals surface area contributed by atoms with Crippen LogP contribution in [0.4, 0.5) is 0 Å². The average molecular weight is 240 g/mol. The van der Waals surface area contributed by atoms with Crippen molar-refractivity contribution in [3.05, 3.63) is 30.3 Å². The summed E-state index contributed by atoms with van der Waals surface area (Å²) in [4.78, 5) is 0.246. The van der Waals surface area contributed by atoms with E-state index >= 15 is 0 Å². The van der Waals surface area contributed by atoms with E-state index in [1.54, 1.807) is 18.2 Å². The summed E-state index contributed by atoms with van der Waals surface area (Å²) in [6.45, 7) is 0.373. The fraction of sp³-hybridized carbons (Fsp3) is 0.455. The Balaban J connectivity index is 2.33. The Bertz CT molecular complexity index is 444. The predicted octanol–water partition coefficient (Wildman–Crippen LogP) is 0.632. The number of aliphatic hydroxyl groups is 1. The highest BCUT2D eigenvalue weighted by atomic mass is 32.2. The van der Waals surface area contributed by atoms with E-state index in [1.165, 1.54) is 10.4 Å². The molecule has 1 aliphatic rings. The van der Waals surface area contributed by atoms with Gasteiger partial charge in [0.15, 0.2) is 0 Å². The van der Waals surface area contributed by atoms with Crippen LogP contribution in [0.25, 0.3) is 0 Å². The molecular formula is C11H14NO3S. The molecule has 0 aliphatic carbocycles. The number of hydrogen-bond acceptors (Lipinski definition) is 3. The van der Waals surface area contributed by atoms with Gasteiger partial charge in [0.25, 0.3) is 0 Å². The van der Waals surface area contributed by atoms with Crippen LogP contribution in [0.3, 0.4) is 0 Å². The maximum absolute atomic E-state index is 12.2. The zero-order chi connectivity index (χ0) is 11.6. The summed E-state index contributed by atoms with van der Waals surface area (Å²) in [6, 6.07) is 8.81. The van der Waals surface area contributed by atoms with Crippen LogP contribution in [-0.4, -0.2) is 37.0 Å². The van der Waals surface area contributed by atoms with Crippen molar-refractivity contribution in [2.45, 2.75) is 23.8 Å². The van der Waals surface area contributed by atoms with E-state index in [9.17, 15) is 8.42 Å². The fourth-order valence-corrected chi connectivity index (χ4v) is 3.65. The van der Waals surface area contributed by atoms with Crippen LogP contribution in [-0.2, 0) is 10.0 Å². The van der Waals surface area contributed by atoms with Gasteiger partial charge in [-0.3, -0.25) is 0 Å². The summed E-state index contributed by atoms with van der Waals surface area (Å²) in [7, 11) is -3.46. The molecule has 2 rings (SSSR count). The highest BCUT2D eigenvalue weighted by Crippen LogP contribution is 2.25. The maximum Gasteiger partial charge on any atom is 0.243 e. The lowest BCUT2D eigenvalue weighted by Gasteiger charge is -2.22. The van der Waals surface area contributed by atoms with E-state index in [1.807, 2.05) is 0 Å². The Kier molecular flexibility index (Phi) is 3.28. The van der Waals surface area contributed by atoms with Crippen molar-refractivity contribution in [1.29, 1.82) is 0 Å². The van der Waals surface area contributed by atoms with Crippen molar-refractivity contribution < 1.29 is 13.5 Å². The molecule has 1 fully saturated rings. The lowest BCUT2D eigenvalue weighted by atomic mass is 10.2. The number of rotatable bonds is 3. The minimum atomic E-state index is -3.46. The first-order chi connectivity index (χ1) is 7.66. The van der Waals surface area contributed by atoms with Crippen molar-refractivity contribution in [2.24, 2.45) is 0 Å². The number of benzene rings is 1. The molecule has 16 heavy (non-hydrogen) atoms. The van der Waals surface area contributed by atoms with E-state index in [2.05, 4.69) is 6.07 Å². The predicted molar refractivity (Wildman–Crippen MR) is 59.3 cm³/mol. The molecule has 1 atom stereocenters.